The molecule has 2 amide bonds. The molecular formula is C22H27N3O2S. The van der Waals surface area contributed by atoms with Gasteiger partial charge in [-0.25, -0.2) is 0 Å². The fourth-order valence-corrected chi connectivity index (χ4v) is 5.06. The van der Waals surface area contributed by atoms with Crippen molar-refractivity contribution in [3.05, 3.63) is 51.7 Å². The molecule has 1 aromatic carbocycles. The van der Waals surface area contributed by atoms with Crippen LogP contribution in [0.4, 0.5) is 5.69 Å². The van der Waals surface area contributed by atoms with Crippen LogP contribution < -0.4 is 10.2 Å². The molecule has 1 atom stereocenters. The van der Waals surface area contributed by atoms with Crippen molar-refractivity contribution in [1.29, 1.82) is 0 Å². The predicted molar refractivity (Wildman–Crippen MR) is 113 cm³/mol. The van der Waals surface area contributed by atoms with Crippen LogP contribution >= 0.6 is 11.3 Å². The van der Waals surface area contributed by atoms with Gasteiger partial charge in [-0.3, -0.25) is 14.5 Å². The van der Waals surface area contributed by atoms with Crippen molar-refractivity contribution in [2.24, 2.45) is 5.92 Å². The van der Waals surface area contributed by atoms with Crippen LogP contribution in [0.3, 0.4) is 0 Å². The molecule has 0 saturated carbocycles. The largest absolute Gasteiger partial charge is 0.355 e. The average molecular weight is 398 g/mol. The molecular weight excluding hydrogens is 370 g/mol. The second-order valence-corrected chi connectivity index (χ2v) is 8.57. The van der Waals surface area contributed by atoms with Gasteiger partial charge in [0.2, 0.25) is 11.8 Å². The highest BCUT2D eigenvalue weighted by Crippen LogP contribution is 2.28. The van der Waals surface area contributed by atoms with Crippen LogP contribution in [0, 0.1) is 5.92 Å². The van der Waals surface area contributed by atoms with Gasteiger partial charge in [0.1, 0.15) is 0 Å². The summed E-state index contributed by atoms with van der Waals surface area (Å²) in [6.07, 6.45) is 2.27. The zero-order valence-electron chi connectivity index (χ0n) is 16.3. The molecule has 0 bridgehead atoms. The summed E-state index contributed by atoms with van der Waals surface area (Å²) >= 11 is 1.84. The van der Waals surface area contributed by atoms with Crippen molar-refractivity contribution in [3.63, 3.8) is 0 Å². The van der Waals surface area contributed by atoms with E-state index in [4.69, 9.17) is 0 Å². The number of benzene rings is 1. The Morgan fingerprint density at radius 3 is 3.00 bits per heavy atom. The van der Waals surface area contributed by atoms with Gasteiger partial charge < -0.3 is 10.2 Å². The lowest BCUT2D eigenvalue weighted by Crippen LogP contribution is -2.40. The van der Waals surface area contributed by atoms with E-state index in [2.05, 4.69) is 28.6 Å². The van der Waals surface area contributed by atoms with Crippen LogP contribution in [0.1, 0.15) is 29.3 Å². The standard InChI is InChI=1S/C22H27N3O2S/c1-2-16-5-3-4-6-19(16)25-15-18(13-21(25)26)22(27)23-9-11-24-10-7-20-17(14-24)8-12-28-20/h3-6,8,12,18H,2,7,9-11,13-15H2,1H3,(H,23,27). The van der Waals surface area contributed by atoms with E-state index in [0.717, 1.165) is 43.7 Å². The summed E-state index contributed by atoms with van der Waals surface area (Å²) in [7, 11) is 0. The molecule has 1 saturated heterocycles. The van der Waals surface area contributed by atoms with Gasteiger partial charge in [-0.15, -0.1) is 11.3 Å². The quantitative estimate of drug-likeness (QED) is 0.816. The number of rotatable bonds is 6. The Morgan fingerprint density at radius 2 is 2.14 bits per heavy atom. The van der Waals surface area contributed by atoms with Crippen LogP contribution in [-0.4, -0.2) is 42.9 Å². The third kappa shape index (κ3) is 3.98. The van der Waals surface area contributed by atoms with E-state index in [1.807, 2.05) is 35.6 Å². The number of hydrogen-bond acceptors (Lipinski definition) is 4. The second-order valence-electron chi connectivity index (χ2n) is 7.57. The highest BCUT2D eigenvalue weighted by Gasteiger charge is 2.35. The van der Waals surface area contributed by atoms with Gasteiger partial charge in [-0.2, -0.15) is 0 Å². The first-order valence-electron chi connectivity index (χ1n) is 10.1. The number of carbonyl (C=O) groups excluding carboxylic acids is 2. The van der Waals surface area contributed by atoms with Crippen molar-refractivity contribution in [1.82, 2.24) is 10.2 Å². The number of anilines is 1. The molecule has 2 aliphatic rings. The molecule has 1 aromatic heterocycles. The number of nitrogens with one attached hydrogen (secondary N) is 1. The lowest BCUT2D eigenvalue weighted by atomic mass is 10.1. The van der Waals surface area contributed by atoms with Crippen LogP contribution in [0.15, 0.2) is 35.7 Å². The Balaban J connectivity index is 1.28. The van der Waals surface area contributed by atoms with Crippen molar-refractivity contribution in [3.8, 4) is 0 Å². The maximum atomic E-state index is 12.6. The Bertz CT molecular complexity index is 863. The SMILES string of the molecule is CCc1ccccc1N1CC(C(=O)NCCN2CCc3sccc3C2)CC1=O. The summed E-state index contributed by atoms with van der Waals surface area (Å²) in [6, 6.07) is 10.2. The number of hydrogen-bond donors (Lipinski definition) is 1. The summed E-state index contributed by atoms with van der Waals surface area (Å²) in [6.45, 7) is 6.07. The predicted octanol–water partition coefficient (Wildman–Crippen LogP) is 2.84. The first-order valence-corrected chi connectivity index (χ1v) is 11.0. The molecule has 6 heteroatoms. The smallest absolute Gasteiger partial charge is 0.227 e. The van der Waals surface area contributed by atoms with E-state index in [0.29, 0.717) is 19.5 Å². The fraction of sp³-hybridized carbons (Fsp3) is 0.455. The number of nitrogens with zero attached hydrogens (tertiary/aromatic N) is 2. The van der Waals surface area contributed by atoms with E-state index >= 15 is 0 Å². The number of carbonyl (C=O) groups is 2. The number of fused-ring (bicyclic) bond motifs is 1. The third-order valence-electron chi connectivity index (χ3n) is 5.77. The molecule has 4 rings (SSSR count). The average Bonchev–Trinajstić information content (AvgIpc) is 3.34. The molecule has 2 aliphatic heterocycles. The Kier molecular flexibility index (Phi) is 5.78. The van der Waals surface area contributed by atoms with Crippen LogP contribution in [0.5, 0.6) is 0 Å². The van der Waals surface area contributed by atoms with Gasteiger partial charge in [0.25, 0.3) is 0 Å². The van der Waals surface area contributed by atoms with Gasteiger partial charge in [-0.05, 0) is 41.5 Å². The minimum atomic E-state index is -0.262. The number of para-hydroxylation sites is 1. The Hall–Kier alpha value is -2.18. The Labute approximate surface area is 170 Å². The third-order valence-corrected chi connectivity index (χ3v) is 6.80. The fourth-order valence-electron chi connectivity index (χ4n) is 4.17. The molecule has 0 aliphatic carbocycles. The monoisotopic (exact) mass is 397 g/mol. The van der Waals surface area contributed by atoms with Gasteiger partial charge in [-0.1, -0.05) is 25.1 Å². The summed E-state index contributed by atoms with van der Waals surface area (Å²) in [4.78, 5) is 30.8. The zero-order chi connectivity index (χ0) is 19.5. The highest BCUT2D eigenvalue weighted by atomic mass is 32.1. The molecule has 0 radical (unpaired) electrons. The van der Waals surface area contributed by atoms with Crippen LogP contribution in [0.25, 0.3) is 0 Å². The highest BCUT2D eigenvalue weighted by molar-refractivity contribution is 7.10. The molecule has 5 nitrogen and oxygen atoms in total. The molecule has 3 heterocycles. The second kappa shape index (κ2) is 8.45. The van der Waals surface area contributed by atoms with Crippen molar-refractivity contribution in [2.75, 3.05) is 31.1 Å². The van der Waals surface area contributed by atoms with E-state index in [1.54, 1.807) is 4.90 Å². The van der Waals surface area contributed by atoms with Gasteiger partial charge in [0.15, 0.2) is 0 Å². The topological polar surface area (TPSA) is 52.7 Å². The van der Waals surface area contributed by atoms with Gasteiger partial charge in [0.05, 0.1) is 5.92 Å². The van der Waals surface area contributed by atoms with E-state index in [1.165, 1.54) is 10.4 Å². The van der Waals surface area contributed by atoms with Crippen molar-refractivity contribution in [2.45, 2.75) is 32.7 Å². The van der Waals surface area contributed by atoms with Crippen molar-refractivity contribution < 1.29 is 9.59 Å². The molecule has 1 unspecified atom stereocenters. The first kappa shape index (κ1) is 19.2. The van der Waals surface area contributed by atoms with E-state index < -0.39 is 0 Å². The van der Waals surface area contributed by atoms with Gasteiger partial charge in [0, 0.05) is 49.7 Å². The Morgan fingerprint density at radius 1 is 1.29 bits per heavy atom. The lowest BCUT2D eigenvalue weighted by molar-refractivity contribution is -0.126. The normalized spacial score (nSPS) is 19.7. The summed E-state index contributed by atoms with van der Waals surface area (Å²) < 4.78 is 0. The number of aryl methyl sites for hydroxylation is 1. The molecule has 1 N–H and O–H groups in total. The number of thiophene rings is 1. The molecule has 1 fully saturated rings. The van der Waals surface area contributed by atoms with Crippen molar-refractivity contribution >= 4 is 28.8 Å². The summed E-state index contributed by atoms with van der Waals surface area (Å²) in [5.41, 5.74) is 3.52. The minimum absolute atomic E-state index is 0.00180. The maximum Gasteiger partial charge on any atom is 0.227 e. The molecule has 28 heavy (non-hydrogen) atoms. The van der Waals surface area contributed by atoms with Crippen LogP contribution in [0.2, 0.25) is 0 Å². The van der Waals surface area contributed by atoms with E-state index in [9.17, 15) is 9.59 Å². The van der Waals surface area contributed by atoms with Gasteiger partial charge >= 0.3 is 0 Å². The maximum absolute atomic E-state index is 12.6. The first-order chi connectivity index (χ1) is 13.7. The zero-order valence-corrected chi connectivity index (χ0v) is 17.1. The van der Waals surface area contributed by atoms with E-state index in [-0.39, 0.29) is 17.7 Å². The summed E-state index contributed by atoms with van der Waals surface area (Å²) in [5.74, 6) is -0.220. The minimum Gasteiger partial charge on any atom is -0.355 e. The summed E-state index contributed by atoms with van der Waals surface area (Å²) in [5, 5.41) is 5.22. The molecule has 148 valence electrons. The van der Waals surface area contributed by atoms with Crippen LogP contribution in [-0.2, 0) is 29.0 Å². The number of amides is 2. The molecule has 2 aromatic rings. The molecule has 0 spiro atoms. The lowest BCUT2D eigenvalue weighted by Gasteiger charge is -2.27.